The molecule has 0 bridgehead atoms. The lowest BCUT2D eigenvalue weighted by molar-refractivity contribution is -0.135. The lowest BCUT2D eigenvalue weighted by Crippen LogP contribution is -2.36. The summed E-state index contributed by atoms with van der Waals surface area (Å²) in [6.45, 7) is 1.31. The van der Waals surface area contributed by atoms with Crippen molar-refractivity contribution in [1.29, 1.82) is 0 Å². The highest BCUT2D eigenvalue weighted by molar-refractivity contribution is 6.08. The number of aryl methyl sites for hydroxylation is 1. The first kappa shape index (κ1) is 14.6. The highest BCUT2D eigenvalue weighted by Crippen LogP contribution is 2.18. The van der Waals surface area contributed by atoms with Gasteiger partial charge in [0.1, 0.15) is 6.54 Å². The number of carboxylic acids is 1. The summed E-state index contributed by atoms with van der Waals surface area (Å²) in [7, 11) is 0. The van der Waals surface area contributed by atoms with E-state index in [9.17, 15) is 14.0 Å². The van der Waals surface area contributed by atoms with E-state index in [0.29, 0.717) is 5.69 Å². The van der Waals surface area contributed by atoms with Crippen molar-refractivity contribution in [3.8, 4) is 0 Å². The Morgan fingerprint density at radius 2 is 1.90 bits per heavy atom. The summed E-state index contributed by atoms with van der Waals surface area (Å²) in [5.41, 5.74) is 1.09. The van der Waals surface area contributed by atoms with Crippen molar-refractivity contribution >= 4 is 17.6 Å². The Labute approximate surface area is 120 Å². The van der Waals surface area contributed by atoms with Gasteiger partial charge in [0.2, 0.25) is 5.95 Å². The molecule has 2 aromatic rings. The minimum atomic E-state index is -1.19. The van der Waals surface area contributed by atoms with Gasteiger partial charge in [0, 0.05) is 11.9 Å². The molecular weight excluding hydrogens is 275 g/mol. The minimum absolute atomic E-state index is 0.265. The summed E-state index contributed by atoms with van der Waals surface area (Å²) < 4.78 is 13.6. The van der Waals surface area contributed by atoms with E-state index in [1.165, 1.54) is 18.3 Å². The molecule has 0 saturated heterocycles. The van der Waals surface area contributed by atoms with Crippen LogP contribution in [0.2, 0.25) is 0 Å². The summed E-state index contributed by atoms with van der Waals surface area (Å²) in [4.78, 5) is 27.7. The van der Waals surface area contributed by atoms with E-state index >= 15 is 0 Å². The molecule has 108 valence electrons. The number of hydrogen-bond donors (Lipinski definition) is 1. The number of carbonyl (C=O) groups is 2. The van der Waals surface area contributed by atoms with Crippen LogP contribution in [0.5, 0.6) is 0 Å². The van der Waals surface area contributed by atoms with Gasteiger partial charge >= 0.3 is 5.97 Å². The Balaban J connectivity index is 2.40. The molecular formula is C15H13FN2O3. The molecule has 6 heteroatoms. The number of pyridine rings is 1. The van der Waals surface area contributed by atoms with Gasteiger partial charge in [-0.15, -0.1) is 0 Å². The molecule has 0 atom stereocenters. The molecule has 21 heavy (non-hydrogen) atoms. The van der Waals surface area contributed by atoms with Crippen molar-refractivity contribution in [1.82, 2.24) is 4.98 Å². The molecule has 0 aliphatic heterocycles. The van der Waals surface area contributed by atoms with Crippen molar-refractivity contribution in [3.63, 3.8) is 0 Å². The van der Waals surface area contributed by atoms with Crippen LogP contribution in [0, 0.1) is 12.9 Å². The summed E-state index contributed by atoms with van der Waals surface area (Å²) in [5.74, 6) is -2.86. The lowest BCUT2D eigenvalue weighted by Gasteiger charge is -2.21. The number of nitrogens with zero attached hydrogens (tertiary/aromatic N) is 2. The van der Waals surface area contributed by atoms with Gasteiger partial charge in [0.15, 0.2) is 0 Å². The largest absolute Gasteiger partial charge is 0.480 e. The molecule has 1 heterocycles. The number of hydrogen-bond acceptors (Lipinski definition) is 3. The van der Waals surface area contributed by atoms with Gasteiger partial charge in [-0.05, 0) is 31.2 Å². The first-order valence-corrected chi connectivity index (χ1v) is 6.20. The molecule has 0 aliphatic rings. The molecule has 1 aromatic carbocycles. The fourth-order valence-corrected chi connectivity index (χ4v) is 1.83. The highest BCUT2D eigenvalue weighted by Gasteiger charge is 2.23. The molecule has 0 spiro atoms. The number of anilines is 1. The first-order valence-electron chi connectivity index (χ1n) is 6.20. The number of carboxylic acid groups (broad SMARTS) is 1. The third kappa shape index (κ3) is 3.42. The Bertz CT molecular complexity index is 671. The molecule has 1 N–H and O–H groups in total. The van der Waals surface area contributed by atoms with Crippen LogP contribution in [0.1, 0.15) is 15.9 Å². The molecule has 0 saturated carbocycles. The summed E-state index contributed by atoms with van der Waals surface area (Å²) in [6.07, 6.45) is 1.22. The molecule has 0 radical (unpaired) electrons. The van der Waals surface area contributed by atoms with Gasteiger partial charge in [-0.2, -0.15) is 4.39 Å². The fraction of sp³-hybridized carbons (Fsp3) is 0.133. The van der Waals surface area contributed by atoms with Crippen LogP contribution in [0.4, 0.5) is 10.1 Å². The third-order valence-corrected chi connectivity index (χ3v) is 2.87. The maximum atomic E-state index is 13.6. The van der Waals surface area contributed by atoms with Crippen molar-refractivity contribution in [3.05, 3.63) is 59.7 Å². The second-order valence-corrected chi connectivity index (χ2v) is 4.46. The van der Waals surface area contributed by atoms with Gasteiger partial charge in [-0.25, -0.2) is 4.98 Å². The van der Waals surface area contributed by atoms with Gasteiger partial charge < -0.3 is 5.11 Å². The van der Waals surface area contributed by atoms with Crippen molar-refractivity contribution < 1.29 is 19.1 Å². The standard InChI is InChI=1S/C15H13FN2O3/c1-10-4-6-11(7-5-10)18(9-13(19)20)15(21)12-3-2-8-17-14(12)16/h2-8H,9H2,1H3,(H,19,20). The van der Waals surface area contributed by atoms with Crippen molar-refractivity contribution in [2.45, 2.75) is 6.92 Å². The molecule has 2 rings (SSSR count). The highest BCUT2D eigenvalue weighted by atomic mass is 19.1. The van der Waals surface area contributed by atoms with E-state index in [-0.39, 0.29) is 5.56 Å². The average Bonchev–Trinajstić information content (AvgIpc) is 2.45. The van der Waals surface area contributed by atoms with Crippen LogP contribution >= 0.6 is 0 Å². The zero-order chi connectivity index (χ0) is 15.4. The summed E-state index contributed by atoms with van der Waals surface area (Å²) in [5, 5.41) is 8.96. The van der Waals surface area contributed by atoms with Crippen LogP contribution in [0.25, 0.3) is 0 Å². The van der Waals surface area contributed by atoms with E-state index in [1.807, 2.05) is 6.92 Å². The SMILES string of the molecule is Cc1ccc(N(CC(=O)O)C(=O)c2cccnc2F)cc1. The average molecular weight is 288 g/mol. The maximum Gasteiger partial charge on any atom is 0.323 e. The predicted molar refractivity (Wildman–Crippen MR) is 74.7 cm³/mol. The quantitative estimate of drug-likeness (QED) is 0.876. The van der Waals surface area contributed by atoms with Crippen molar-refractivity contribution in [2.75, 3.05) is 11.4 Å². The molecule has 0 aliphatic carbocycles. The van der Waals surface area contributed by atoms with Crippen molar-refractivity contribution in [2.24, 2.45) is 0 Å². The van der Waals surface area contributed by atoms with Crippen LogP contribution in [0.15, 0.2) is 42.6 Å². The van der Waals surface area contributed by atoms with E-state index in [4.69, 9.17) is 5.11 Å². The minimum Gasteiger partial charge on any atom is -0.480 e. The first-order chi connectivity index (χ1) is 9.99. The van der Waals surface area contributed by atoms with Gasteiger partial charge in [-0.1, -0.05) is 17.7 Å². The Kier molecular flexibility index (Phi) is 4.27. The van der Waals surface area contributed by atoms with E-state index in [2.05, 4.69) is 4.98 Å². The van der Waals surface area contributed by atoms with Crippen LogP contribution in [-0.2, 0) is 4.79 Å². The number of amides is 1. The molecule has 1 amide bonds. The second-order valence-electron chi connectivity index (χ2n) is 4.46. The van der Waals surface area contributed by atoms with Crippen LogP contribution in [-0.4, -0.2) is 28.5 Å². The number of benzene rings is 1. The monoisotopic (exact) mass is 288 g/mol. The number of carbonyl (C=O) groups excluding carboxylic acids is 1. The van der Waals surface area contributed by atoms with E-state index in [1.54, 1.807) is 24.3 Å². The Hall–Kier alpha value is -2.76. The number of aromatic nitrogens is 1. The second kappa shape index (κ2) is 6.13. The molecule has 0 unspecified atom stereocenters. The molecule has 0 fully saturated rings. The zero-order valence-corrected chi connectivity index (χ0v) is 11.3. The Morgan fingerprint density at radius 3 is 2.48 bits per heavy atom. The van der Waals surface area contributed by atoms with Gasteiger partial charge in [0.05, 0.1) is 5.56 Å². The van der Waals surface area contributed by atoms with Crippen LogP contribution in [0.3, 0.4) is 0 Å². The normalized spacial score (nSPS) is 10.2. The van der Waals surface area contributed by atoms with E-state index in [0.717, 1.165) is 10.5 Å². The smallest absolute Gasteiger partial charge is 0.323 e. The molecule has 5 nitrogen and oxygen atoms in total. The summed E-state index contributed by atoms with van der Waals surface area (Å²) >= 11 is 0. The number of aliphatic carboxylic acids is 1. The third-order valence-electron chi connectivity index (χ3n) is 2.87. The van der Waals surface area contributed by atoms with Crippen LogP contribution < -0.4 is 4.90 Å². The van der Waals surface area contributed by atoms with E-state index < -0.39 is 24.4 Å². The number of halogens is 1. The predicted octanol–water partition coefficient (Wildman–Crippen LogP) is 2.26. The van der Waals surface area contributed by atoms with Gasteiger partial charge in [-0.3, -0.25) is 14.5 Å². The topological polar surface area (TPSA) is 70.5 Å². The maximum absolute atomic E-state index is 13.6. The lowest BCUT2D eigenvalue weighted by atomic mass is 10.2. The summed E-state index contributed by atoms with van der Waals surface area (Å²) in [6, 6.07) is 9.42. The fourth-order valence-electron chi connectivity index (χ4n) is 1.83. The Morgan fingerprint density at radius 1 is 1.24 bits per heavy atom. The zero-order valence-electron chi connectivity index (χ0n) is 11.3. The van der Waals surface area contributed by atoms with Gasteiger partial charge in [0.25, 0.3) is 5.91 Å². The number of rotatable bonds is 4. The molecule has 1 aromatic heterocycles.